The van der Waals surface area contributed by atoms with Crippen LogP contribution in [0.3, 0.4) is 0 Å². The number of ether oxygens (including phenoxy) is 1. The number of nitrogens with two attached hydrogens (primary N) is 1. The SMILES string of the molecule is COc1ccc2c(c1)CC[C@@H]1[C@@H]2CC[C@]2(C)[C@@H](NCCC[C@H](N)C(=O)O)CC[C@@H]12. The van der Waals surface area contributed by atoms with Gasteiger partial charge in [0.2, 0.25) is 0 Å². The summed E-state index contributed by atoms with van der Waals surface area (Å²) >= 11 is 0. The van der Waals surface area contributed by atoms with Crippen molar-refractivity contribution in [1.82, 2.24) is 5.32 Å². The highest BCUT2D eigenvalue weighted by atomic mass is 16.5. The maximum absolute atomic E-state index is 10.9. The Kier molecular flexibility index (Phi) is 5.90. The highest BCUT2D eigenvalue weighted by Crippen LogP contribution is 2.60. The third kappa shape index (κ3) is 3.79. The molecule has 3 aliphatic carbocycles. The number of carboxylic acids is 1. The van der Waals surface area contributed by atoms with E-state index in [0.29, 0.717) is 23.8 Å². The number of aliphatic carboxylic acids is 1. The van der Waals surface area contributed by atoms with Crippen LogP contribution >= 0.6 is 0 Å². The van der Waals surface area contributed by atoms with E-state index >= 15 is 0 Å². The molecule has 29 heavy (non-hydrogen) atoms. The van der Waals surface area contributed by atoms with Crippen molar-refractivity contribution in [3.05, 3.63) is 29.3 Å². The molecule has 1 aromatic rings. The number of fused-ring (bicyclic) bond motifs is 5. The first-order valence-corrected chi connectivity index (χ1v) is 11.3. The van der Waals surface area contributed by atoms with E-state index in [-0.39, 0.29) is 0 Å². The molecule has 6 atom stereocenters. The molecule has 0 amide bonds. The lowest BCUT2D eigenvalue weighted by Gasteiger charge is -2.51. The van der Waals surface area contributed by atoms with Gasteiger partial charge in [0.1, 0.15) is 11.8 Å². The largest absolute Gasteiger partial charge is 0.497 e. The van der Waals surface area contributed by atoms with Gasteiger partial charge in [-0.25, -0.2) is 0 Å². The minimum atomic E-state index is -0.897. The smallest absolute Gasteiger partial charge is 0.320 e. The molecule has 3 aliphatic rings. The van der Waals surface area contributed by atoms with E-state index in [1.165, 1.54) is 44.1 Å². The van der Waals surface area contributed by atoms with E-state index in [4.69, 9.17) is 15.6 Å². The van der Waals surface area contributed by atoms with Crippen molar-refractivity contribution >= 4 is 5.97 Å². The summed E-state index contributed by atoms with van der Waals surface area (Å²) in [5.74, 6) is 2.37. The van der Waals surface area contributed by atoms with Crippen molar-refractivity contribution < 1.29 is 14.6 Å². The molecule has 4 N–H and O–H groups in total. The summed E-state index contributed by atoms with van der Waals surface area (Å²) in [6.45, 7) is 3.37. The fraction of sp³-hybridized carbons (Fsp3) is 0.708. The Balaban J connectivity index is 1.40. The molecular formula is C24H36N2O3. The summed E-state index contributed by atoms with van der Waals surface area (Å²) in [5.41, 5.74) is 9.07. The van der Waals surface area contributed by atoms with Crippen molar-refractivity contribution in [2.45, 2.75) is 76.3 Å². The van der Waals surface area contributed by atoms with E-state index in [2.05, 4.69) is 30.4 Å². The van der Waals surface area contributed by atoms with Crippen LogP contribution in [0.2, 0.25) is 0 Å². The number of aryl methyl sites for hydroxylation is 1. The van der Waals surface area contributed by atoms with Crippen molar-refractivity contribution in [3.8, 4) is 5.75 Å². The number of rotatable bonds is 7. The van der Waals surface area contributed by atoms with Gasteiger partial charge in [-0.15, -0.1) is 0 Å². The Morgan fingerprint density at radius 2 is 2.17 bits per heavy atom. The molecular weight excluding hydrogens is 364 g/mol. The van der Waals surface area contributed by atoms with E-state index in [0.717, 1.165) is 30.6 Å². The molecule has 4 rings (SSSR count). The summed E-state index contributed by atoms with van der Waals surface area (Å²) in [4.78, 5) is 10.9. The number of methoxy groups -OCH3 is 1. The number of hydrogen-bond acceptors (Lipinski definition) is 4. The number of carbonyl (C=O) groups is 1. The molecule has 0 heterocycles. The minimum absolute atomic E-state index is 0.361. The molecule has 5 nitrogen and oxygen atoms in total. The summed E-state index contributed by atoms with van der Waals surface area (Å²) in [6.07, 6.45) is 8.94. The van der Waals surface area contributed by atoms with Crippen LogP contribution in [0.4, 0.5) is 0 Å². The second kappa shape index (κ2) is 8.27. The Morgan fingerprint density at radius 3 is 2.93 bits per heavy atom. The molecule has 0 saturated heterocycles. The van der Waals surface area contributed by atoms with Gasteiger partial charge in [-0.3, -0.25) is 4.79 Å². The standard InChI is InChI=1S/C24H36N2O3/c1-24-12-11-18-17-8-6-16(29-2)14-15(17)5-7-19(18)20(24)9-10-22(24)26-13-3-4-21(25)23(27)28/h6,8,14,18-22,26H,3-5,7,9-13,25H2,1-2H3,(H,27,28)/t18-,19-,20+,21+,22+,24+/m1/s1. The second-order valence-corrected chi connectivity index (χ2v) is 9.70. The molecule has 160 valence electrons. The van der Waals surface area contributed by atoms with Gasteiger partial charge >= 0.3 is 5.97 Å². The lowest BCUT2D eigenvalue weighted by Crippen LogP contribution is -2.49. The monoisotopic (exact) mass is 400 g/mol. The van der Waals surface area contributed by atoms with Gasteiger partial charge < -0.3 is 20.9 Å². The fourth-order valence-electron chi connectivity index (χ4n) is 6.74. The average molecular weight is 401 g/mol. The number of hydrogen-bond donors (Lipinski definition) is 3. The van der Waals surface area contributed by atoms with Crippen LogP contribution in [0.1, 0.15) is 68.9 Å². The average Bonchev–Trinajstić information content (AvgIpc) is 3.06. The summed E-state index contributed by atoms with van der Waals surface area (Å²) < 4.78 is 5.44. The van der Waals surface area contributed by atoms with Crippen molar-refractivity contribution in [2.24, 2.45) is 23.0 Å². The summed E-state index contributed by atoms with van der Waals surface area (Å²) in [5, 5.41) is 12.7. The Labute approximate surface area is 174 Å². The van der Waals surface area contributed by atoms with E-state index in [1.54, 1.807) is 12.7 Å². The van der Waals surface area contributed by atoms with Crippen molar-refractivity contribution in [3.63, 3.8) is 0 Å². The van der Waals surface area contributed by atoms with Crippen LogP contribution in [-0.2, 0) is 11.2 Å². The zero-order chi connectivity index (χ0) is 20.6. The number of nitrogens with one attached hydrogen (secondary N) is 1. The number of carboxylic acid groups (broad SMARTS) is 1. The van der Waals surface area contributed by atoms with Crippen molar-refractivity contribution in [2.75, 3.05) is 13.7 Å². The zero-order valence-corrected chi connectivity index (χ0v) is 17.8. The summed E-state index contributed by atoms with van der Waals surface area (Å²) in [7, 11) is 1.75. The quantitative estimate of drug-likeness (QED) is 0.608. The number of benzene rings is 1. The molecule has 0 unspecified atom stereocenters. The van der Waals surface area contributed by atoms with Gasteiger partial charge in [0.15, 0.2) is 0 Å². The molecule has 0 aromatic heterocycles. The maximum Gasteiger partial charge on any atom is 0.320 e. The molecule has 0 aliphatic heterocycles. The first-order chi connectivity index (χ1) is 13.9. The van der Waals surface area contributed by atoms with Crippen LogP contribution in [0.15, 0.2) is 18.2 Å². The first kappa shape index (κ1) is 20.7. The zero-order valence-electron chi connectivity index (χ0n) is 17.8. The minimum Gasteiger partial charge on any atom is -0.497 e. The molecule has 0 radical (unpaired) electrons. The van der Waals surface area contributed by atoms with Gasteiger partial charge in [-0.05, 0) is 104 Å². The predicted molar refractivity (Wildman–Crippen MR) is 114 cm³/mol. The molecule has 5 heteroatoms. The Hall–Kier alpha value is -1.59. The molecule has 1 aromatic carbocycles. The van der Waals surface area contributed by atoms with Gasteiger partial charge in [-0.2, -0.15) is 0 Å². The topological polar surface area (TPSA) is 84.6 Å². The Bertz CT molecular complexity index is 752. The first-order valence-electron chi connectivity index (χ1n) is 11.3. The van der Waals surface area contributed by atoms with Crippen LogP contribution in [0.5, 0.6) is 5.75 Å². The van der Waals surface area contributed by atoms with E-state index in [9.17, 15) is 4.79 Å². The lowest BCUT2D eigenvalue weighted by atomic mass is 9.55. The second-order valence-electron chi connectivity index (χ2n) is 9.70. The van der Waals surface area contributed by atoms with Crippen LogP contribution in [0.25, 0.3) is 0 Å². The fourth-order valence-corrected chi connectivity index (χ4v) is 6.74. The third-order valence-corrected chi connectivity index (χ3v) is 8.33. The summed E-state index contributed by atoms with van der Waals surface area (Å²) in [6, 6.07) is 6.52. The van der Waals surface area contributed by atoms with Crippen molar-refractivity contribution in [1.29, 1.82) is 0 Å². The molecule has 0 bridgehead atoms. The Morgan fingerprint density at radius 1 is 1.34 bits per heavy atom. The van der Waals surface area contributed by atoms with Crippen LogP contribution in [0, 0.1) is 17.3 Å². The van der Waals surface area contributed by atoms with E-state index in [1.807, 2.05) is 0 Å². The van der Waals surface area contributed by atoms with Gasteiger partial charge in [0.25, 0.3) is 0 Å². The van der Waals surface area contributed by atoms with Crippen LogP contribution < -0.4 is 15.8 Å². The van der Waals surface area contributed by atoms with Gasteiger partial charge in [0.05, 0.1) is 7.11 Å². The molecule has 2 fully saturated rings. The van der Waals surface area contributed by atoms with Gasteiger partial charge in [-0.1, -0.05) is 13.0 Å². The molecule has 2 saturated carbocycles. The normalized spacial score (nSPS) is 34.0. The van der Waals surface area contributed by atoms with E-state index < -0.39 is 12.0 Å². The predicted octanol–water partition coefficient (Wildman–Crippen LogP) is 3.70. The highest BCUT2D eigenvalue weighted by Gasteiger charge is 2.54. The van der Waals surface area contributed by atoms with Gasteiger partial charge in [0, 0.05) is 6.04 Å². The highest BCUT2D eigenvalue weighted by molar-refractivity contribution is 5.72. The van der Waals surface area contributed by atoms with Crippen LogP contribution in [-0.4, -0.2) is 36.8 Å². The molecule has 0 spiro atoms. The maximum atomic E-state index is 10.9. The third-order valence-electron chi connectivity index (χ3n) is 8.33. The lowest BCUT2D eigenvalue weighted by molar-refractivity contribution is -0.138.